The topological polar surface area (TPSA) is 50.3 Å². The Morgan fingerprint density at radius 3 is 2.30 bits per heavy atom. The predicted molar refractivity (Wildman–Crippen MR) is 85.3 cm³/mol. The molecule has 0 bridgehead atoms. The first-order valence-electron chi connectivity index (χ1n) is 7.51. The van der Waals surface area contributed by atoms with E-state index in [1.54, 1.807) is 0 Å². The number of rotatable bonds is 5. The second-order valence-electron chi connectivity index (χ2n) is 6.69. The molecule has 0 saturated heterocycles. The SMILES string of the molecule is Cc1nn(C(C)C)c(N(C)CC2(N(C)C)CCC2)c1N. The molecule has 5 nitrogen and oxygen atoms in total. The van der Waals surface area contributed by atoms with Crippen LogP contribution in [0.1, 0.15) is 44.8 Å². The maximum atomic E-state index is 6.26. The van der Waals surface area contributed by atoms with E-state index in [1.165, 1.54) is 19.3 Å². The average molecular weight is 279 g/mol. The van der Waals surface area contributed by atoms with Crippen LogP contribution in [0.5, 0.6) is 0 Å². The van der Waals surface area contributed by atoms with Gasteiger partial charge in [-0.1, -0.05) is 0 Å². The molecule has 114 valence electrons. The van der Waals surface area contributed by atoms with Gasteiger partial charge in [-0.3, -0.25) is 0 Å². The average Bonchev–Trinajstić information content (AvgIpc) is 2.60. The number of nitrogens with zero attached hydrogens (tertiary/aromatic N) is 4. The maximum absolute atomic E-state index is 6.26. The van der Waals surface area contributed by atoms with Crippen LogP contribution in [-0.2, 0) is 0 Å². The Bertz CT molecular complexity index is 471. The molecule has 0 radical (unpaired) electrons. The lowest BCUT2D eigenvalue weighted by molar-refractivity contribution is 0.0680. The molecule has 1 aliphatic carbocycles. The van der Waals surface area contributed by atoms with Gasteiger partial charge in [0.1, 0.15) is 0 Å². The highest BCUT2D eigenvalue weighted by molar-refractivity contribution is 5.66. The number of hydrogen-bond donors (Lipinski definition) is 1. The smallest absolute Gasteiger partial charge is 0.150 e. The van der Waals surface area contributed by atoms with Gasteiger partial charge in [0.2, 0.25) is 0 Å². The molecule has 0 amide bonds. The number of anilines is 2. The summed E-state index contributed by atoms with van der Waals surface area (Å²) in [5.41, 5.74) is 8.29. The van der Waals surface area contributed by atoms with E-state index in [9.17, 15) is 0 Å². The zero-order valence-corrected chi connectivity index (χ0v) is 13.8. The van der Waals surface area contributed by atoms with Gasteiger partial charge in [0.15, 0.2) is 5.82 Å². The van der Waals surface area contributed by atoms with Crippen molar-refractivity contribution < 1.29 is 0 Å². The monoisotopic (exact) mass is 279 g/mol. The van der Waals surface area contributed by atoms with Gasteiger partial charge in [0, 0.05) is 25.2 Å². The summed E-state index contributed by atoms with van der Waals surface area (Å²) in [7, 11) is 6.50. The van der Waals surface area contributed by atoms with Crippen molar-refractivity contribution in [3.05, 3.63) is 5.69 Å². The summed E-state index contributed by atoms with van der Waals surface area (Å²) in [6, 6.07) is 0.320. The third kappa shape index (κ3) is 2.39. The molecule has 20 heavy (non-hydrogen) atoms. The lowest BCUT2D eigenvalue weighted by atomic mass is 9.75. The van der Waals surface area contributed by atoms with Crippen LogP contribution in [-0.4, -0.2) is 47.9 Å². The Balaban J connectivity index is 2.27. The summed E-state index contributed by atoms with van der Waals surface area (Å²) in [6.07, 6.45) is 3.85. The second kappa shape index (κ2) is 5.28. The Morgan fingerprint density at radius 2 is 1.90 bits per heavy atom. The lowest BCUT2D eigenvalue weighted by Gasteiger charge is -2.49. The zero-order chi connectivity index (χ0) is 15.1. The molecule has 0 unspecified atom stereocenters. The molecule has 0 aromatic carbocycles. The zero-order valence-electron chi connectivity index (χ0n) is 13.8. The first kappa shape index (κ1) is 15.2. The van der Waals surface area contributed by atoms with Crippen molar-refractivity contribution in [1.82, 2.24) is 14.7 Å². The summed E-state index contributed by atoms with van der Waals surface area (Å²) in [5.74, 6) is 1.06. The first-order chi connectivity index (χ1) is 9.28. The highest BCUT2D eigenvalue weighted by atomic mass is 15.4. The number of likely N-dealkylation sites (N-methyl/N-ethyl adjacent to an activating group) is 2. The molecule has 1 aromatic rings. The van der Waals surface area contributed by atoms with E-state index in [2.05, 4.69) is 49.9 Å². The molecular weight excluding hydrogens is 250 g/mol. The molecule has 0 spiro atoms. The fourth-order valence-electron chi connectivity index (χ4n) is 3.14. The first-order valence-corrected chi connectivity index (χ1v) is 7.51. The van der Waals surface area contributed by atoms with Crippen LogP contribution in [0, 0.1) is 6.92 Å². The summed E-state index contributed by atoms with van der Waals surface area (Å²) >= 11 is 0. The lowest BCUT2D eigenvalue weighted by Crippen LogP contribution is -2.57. The van der Waals surface area contributed by atoms with Crippen molar-refractivity contribution in [2.24, 2.45) is 0 Å². The Morgan fingerprint density at radius 1 is 1.30 bits per heavy atom. The Labute approximate surface area is 122 Å². The molecule has 0 atom stereocenters. The third-order valence-corrected chi connectivity index (χ3v) is 4.72. The van der Waals surface area contributed by atoms with Crippen LogP contribution < -0.4 is 10.6 Å². The molecule has 5 heteroatoms. The minimum atomic E-state index is 0.293. The van der Waals surface area contributed by atoms with Gasteiger partial charge in [0.05, 0.1) is 11.4 Å². The largest absolute Gasteiger partial charge is 0.394 e. The molecule has 0 aliphatic heterocycles. The van der Waals surface area contributed by atoms with Gasteiger partial charge in [0.25, 0.3) is 0 Å². The van der Waals surface area contributed by atoms with Crippen LogP contribution >= 0.6 is 0 Å². The van der Waals surface area contributed by atoms with Crippen molar-refractivity contribution in [2.75, 3.05) is 38.3 Å². The van der Waals surface area contributed by atoms with E-state index in [4.69, 9.17) is 5.73 Å². The molecule has 1 heterocycles. The van der Waals surface area contributed by atoms with Crippen LogP contribution in [0.3, 0.4) is 0 Å². The van der Waals surface area contributed by atoms with Crippen LogP contribution in [0.2, 0.25) is 0 Å². The molecular formula is C15H29N5. The number of hydrogen-bond acceptors (Lipinski definition) is 4. The van der Waals surface area contributed by atoms with E-state index < -0.39 is 0 Å². The van der Waals surface area contributed by atoms with Crippen molar-refractivity contribution in [3.8, 4) is 0 Å². The van der Waals surface area contributed by atoms with E-state index >= 15 is 0 Å². The molecule has 2 rings (SSSR count). The van der Waals surface area contributed by atoms with Crippen molar-refractivity contribution in [3.63, 3.8) is 0 Å². The van der Waals surface area contributed by atoms with Gasteiger partial charge in [-0.05, 0) is 54.1 Å². The minimum Gasteiger partial charge on any atom is -0.394 e. The van der Waals surface area contributed by atoms with Crippen molar-refractivity contribution in [1.29, 1.82) is 0 Å². The number of nitrogens with two attached hydrogens (primary N) is 1. The maximum Gasteiger partial charge on any atom is 0.150 e. The van der Waals surface area contributed by atoms with Crippen molar-refractivity contribution in [2.45, 2.75) is 51.6 Å². The Hall–Kier alpha value is -1.23. The number of nitrogen functional groups attached to an aromatic ring is 1. The second-order valence-corrected chi connectivity index (χ2v) is 6.69. The molecule has 1 aliphatic rings. The van der Waals surface area contributed by atoms with Crippen molar-refractivity contribution >= 4 is 11.5 Å². The van der Waals surface area contributed by atoms with Gasteiger partial charge < -0.3 is 15.5 Å². The highest BCUT2D eigenvalue weighted by Gasteiger charge is 2.40. The summed E-state index contributed by atoms with van der Waals surface area (Å²) in [4.78, 5) is 4.65. The standard InChI is InChI=1S/C15H29N5/c1-11(2)20-14(13(16)12(3)17-20)19(6)10-15(18(4)5)8-7-9-15/h11H,7-10,16H2,1-6H3. The molecule has 2 N–H and O–H groups in total. The quantitative estimate of drug-likeness (QED) is 0.898. The van der Waals surface area contributed by atoms with Gasteiger partial charge in [-0.15, -0.1) is 0 Å². The molecule has 1 saturated carbocycles. The Kier molecular flexibility index (Phi) is 4.00. The van der Waals surface area contributed by atoms with Crippen LogP contribution in [0.4, 0.5) is 11.5 Å². The van der Waals surface area contributed by atoms with E-state index in [0.29, 0.717) is 11.6 Å². The van der Waals surface area contributed by atoms with Crippen LogP contribution in [0.25, 0.3) is 0 Å². The molecule has 1 fully saturated rings. The fraction of sp³-hybridized carbons (Fsp3) is 0.800. The van der Waals surface area contributed by atoms with E-state index in [1.807, 2.05) is 11.6 Å². The number of aromatic nitrogens is 2. The van der Waals surface area contributed by atoms with E-state index in [0.717, 1.165) is 23.7 Å². The van der Waals surface area contributed by atoms with Gasteiger partial charge in [-0.25, -0.2) is 4.68 Å². The normalized spacial score (nSPS) is 17.6. The van der Waals surface area contributed by atoms with E-state index in [-0.39, 0.29) is 0 Å². The predicted octanol–water partition coefficient (Wildman–Crippen LogP) is 2.28. The summed E-state index contributed by atoms with van der Waals surface area (Å²) in [5, 5.41) is 4.59. The third-order valence-electron chi connectivity index (χ3n) is 4.72. The van der Waals surface area contributed by atoms with Crippen LogP contribution in [0.15, 0.2) is 0 Å². The minimum absolute atomic E-state index is 0.293. The highest BCUT2D eigenvalue weighted by Crippen LogP contribution is 2.38. The summed E-state index contributed by atoms with van der Waals surface area (Å²) < 4.78 is 2.05. The van der Waals surface area contributed by atoms with Gasteiger partial charge in [-0.2, -0.15) is 5.10 Å². The number of aryl methyl sites for hydroxylation is 1. The fourth-order valence-corrected chi connectivity index (χ4v) is 3.14. The summed E-state index contributed by atoms with van der Waals surface area (Å²) in [6.45, 7) is 7.28. The van der Waals surface area contributed by atoms with Gasteiger partial charge >= 0.3 is 0 Å². The molecule has 1 aromatic heterocycles.